The van der Waals surface area contributed by atoms with Gasteiger partial charge in [0, 0.05) is 23.8 Å². The second-order valence-electron chi connectivity index (χ2n) is 9.49. The molecule has 0 aliphatic carbocycles. The lowest BCUT2D eigenvalue weighted by atomic mass is 9.93. The number of halogens is 2. The number of carboxylic acid groups (broad SMARTS) is 1. The van der Waals surface area contributed by atoms with Crippen LogP contribution >= 0.6 is 12.4 Å². The Morgan fingerprint density at radius 2 is 1.61 bits per heavy atom. The third kappa shape index (κ3) is 6.95. The van der Waals surface area contributed by atoms with E-state index in [1.807, 2.05) is 18.2 Å². The number of hydroxylamine groups is 2. The van der Waals surface area contributed by atoms with E-state index in [0.717, 1.165) is 38.7 Å². The van der Waals surface area contributed by atoms with Gasteiger partial charge in [-0.25, -0.2) is 4.39 Å². The fourth-order valence-electron chi connectivity index (χ4n) is 4.72. The fourth-order valence-corrected chi connectivity index (χ4v) is 4.72. The van der Waals surface area contributed by atoms with E-state index in [-0.39, 0.29) is 43.3 Å². The molecule has 0 amide bonds. The maximum atomic E-state index is 13.8. The van der Waals surface area contributed by atoms with E-state index >= 15 is 0 Å². The van der Waals surface area contributed by atoms with Crippen LogP contribution in [0.1, 0.15) is 57.3 Å². The highest BCUT2D eigenvalue weighted by molar-refractivity contribution is 5.86. The highest BCUT2D eigenvalue weighted by Gasteiger charge is 2.28. The summed E-state index contributed by atoms with van der Waals surface area (Å²) in [7, 11) is 0. The topological polar surface area (TPSA) is 85.9 Å². The van der Waals surface area contributed by atoms with Gasteiger partial charge in [0.1, 0.15) is 5.82 Å². The van der Waals surface area contributed by atoms with E-state index in [2.05, 4.69) is 44.4 Å². The summed E-state index contributed by atoms with van der Waals surface area (Å²) in [6.45, 7) is 8.59. The predicted octanol–water partition coefficient (Wildman–Crippen LogP) is 6.16. The molecular weight excluding hydrogens is 483 g/mol. The number of rotatable bonds is 11. The van der Waals surface area contributed by atoms with Crippen molar-refractivity contribution in [3.8, 4) is 22.4 Å². The first-order valence-electron chi connectivity index (χ1n) is 12.0. The number of aliphatic hydroxyl groups excluding tert-OH is 1. The summed E-state index contributed by atoms with van der Waals surface area (Å²) in [6.07, 6.45) is -1.13. The molecule has 0 bridgehead atoms. The van der Waals surface area contributed by atoms with Gasteiger partial charge in [-0.2, -0.15) is 5.06 Å². The number of benzene rings is 2. The third-order valence-electron chi connectivity index (χ3n) is 6.04. The Morgan fingerprint density at radius 1 is 1.00 bits per heavy atom. The zero-order valence-electron chi connectivity index (χ0n) is 21.2. The molecular formula is C28H36ClFN2O4. The van der Waals surface area contributed by atoms with Gasteiger partial charge in [0.25, 0.3) is 0 Å². The van der Waals surface area contributed by atoms with E-state index in [0.29, 0.717) is 6.42 Å². The van der Waals surface area contributed by atoms with Crippen molar-refractivity contribution in [3.05, 3.63) is 71.7 Å². The van der Waals surface area contributed by atoms with Crippen molar-refractivity contribution < 1.29 is 24.6 Å². The van der Waals surface area contributed by atoms with E-state index in [9.17, 15) is 19.5 Å². The summed E-state index contributed by atoms with van der Waals surface area (Å²) >= 11 is 0. The lowest BCUT2D eigenvalue weighted by molar-refractivity contribution is -0.143. The van der Waals surface area contributed by atoms with Crippen molar-refractivity contribution in [1.29, 1.82) is 0 Å². The molecule has 0 saturated heterocycles. The Bertz CT molecular complexity index is 1130. The van der Waals surface area contributed by atoms with Gasteiger partial charge >= 0.3 is 5.97 Å². The molecule has 0 aliphatic rings. The van der Waals surface area contributed by atoms with Crippen LogP contribution in [0.15, 0.2) is 54.6 Å². The molecule has 36 heavy (non-hydrogen) atoms. The van der Waals surface area contributed by atoms with Crippen LogP contribution in [0.5, 0.6) is 0 Å². The summed E-state index contributed by atoms with van der Waals surface area (Å²) in [5.74, 6) is -1.25. The average molecular weight is 519 g/mol. The highest BCUT2D eigenvalue weighted by Crippen LogP contribution is 2.43. The highest BCUT2D eigenvalue weighted by atomic mass is 35.5. The second kappa shape index (κ2) is 13.0. The number of carbonyl (C=O) groups is 1. The molecule has 1 aromatic heterocycles. The van der Waals surface area contributed by atoms with Crippen molar-refractivity contribution in [2.45, 2.75) is 58.6 Å². The molecule has 1 heterocycles. The third-order valence-corrected chi connectivity index (χ3v) is 6.04. The lowest BCUT2D eigenvalue weighted by Gasteiger charge is -2.21. The van der Waals surface area contributed by atoms with Crippen molar-refractivity contribution in [3.63, 3.8) is 0 Å². The molecule has 3 rings (SSSR count). The van der Waals surface area contributed by atoms with Crippen LogP contribution in [0.25, 0.3) is 22.4 Å². The zero-order valence-corrected chi connectivity index (χ0v) is 22.0. The molecule has 0 radical (unpaired) electrons. The zero-order chi connectivity index (χ0) is 25.7. The van der Waals surface area contributed by atoms with Crippen LogP contribution in [0, 0.1) is 5.82 Å². The minimum absolute atomic E-state index is 0. The molecule has 3 N–H and O–H groups in total. The van der Waals surface area contributed by atoms with Gasteiger partial charge in [0.2, 0.25) is 0 Å². The second-order valence-corrected chi connectivity index (χ2v) is 9.49. The molecule has 1 atom stereocenters. The van der Waals surface area contributed by atoms with Gasteiger partial charge in [-0.1, -0.05) is 56.3 Å². The van der Waals surface area contributed by atoms with Crippen molar-refractivity contribution in [1.82, 2.24) is 9.63 Å². The minimum Gasteiger partial charge on any atom is -0.481 e. The summed E-state index contributed by atoms with van der Waals surface area (Å²) < 4.78 is 16.2. The summed E-state index contributed by atoms with van der Waals surface area (Å²) in [5.41, 5.74) is 6.15. The van der Waals surface area contributed by atoms with Crippen LogP contribution in [0.3, 0.4) is 0 Å². The Balaban J connectivity index is 0.00000456. The van der Waals surface area contributed by atoms with Crippen molar-refractivity contribution in [2.24, 2.45) is 0 Å². The molecule has 0 saturated carbocycles. The lowest BCUT2D eigenvalue weighted by Crippen LogP contribution is -2.32. The molecule has 6 nitrogen and oxygen atoms in total. The first-order valence-corrected chi connectivity index (χ1v) is 12.0. The first-order chi connectivity index (χ1) is 16.6. The fraction of sp³-hybridized carbons (Fsp3) is 0.393. The van der Waals surface area contributed by atoms with E-state index < -0.39 is 18.5 Å². The Hall–Kier alpha value is -2.71. The molecule has 0 spiro atoms. The van der Waals surface area contributed by atoms with Crippen LogP contribution in [0.4, 0.5) is 4.39 Å². The molecule has 2 aromatic carbocycles. The Labute approximate surface area is 218 Å². The summed E-state index contributed by atoms with van der Waals surface area (Å²) in [5, 5.41) is 30.2. The largest absolute Gasteiger partial charge is 0.481 e. The molecule has 0 fully saturated rings. The van der Waals surface area contributed by atoms with Gasteiger partial charge in [0.05, 0.1) is 24.8 Å². The smallest absolute Gasteiger partial charge is 0.306 e. The number of aliphatic carboxylic acids is 1. The Kier molecular flexibility index (Phi) is 10.7. The van der Waals surface area contributed by atoms with E-state index in [1.54, 1.807) is 12.1 Å². The quantitative estimate of drug-likeness (QED) is 0.265. The normalized spacial score (nSPS) is 12.3. The van der Waals surface area contributed by atoms with Gasteiger partial charge in [0.15, 0.2) is 0 Å². The van der Waals surface area contributed by atoms with Crippen LogP contribution in [0.2, 0.25) is 0 Å². The van der Waals surface area contributed by atoms with Gasteiger partial charge < -0.3 is 20.0 Å². The molecule has 1 unspecified atom stereocenters. The van der Waals surface area contributed by atoms with Gasteiger partial charge in [-0.15, -0.1) is 12.4 Å². The number of aliphatic hydroxyl groups is 1. The molecule has 8 heteroatoms. The predicted molar refractivity (Wildman–Crippen MR) is 142 cm³/mol. The number of hydrogen-bond donors (Lipinski definition) is 3. The monoisotopic (exact) mass is 518 g/mol. The maximum Gasteiger partial charge on any atom is 0.306 e. The first kappa shape index (κ1) is 29.5. The number of carboxylic acids is 1. The molecule has 3 aromatic rings. The number of nitrogens with zero attached hydrogens (tertiary/aromatic N) is 2. The van der Waals surface area contributed by atoms with E-state index in [4.69, 9.17) is 5.11 Å². The summed E-state index contributed by atoms with van der Waals surface area (Å²) in [4.78, 5) is 10.9. The van der Waals surface area contributed by atoms with E-state index in [1.165, 1.54) is 12.1 Å². The van der Waals surface area contributed by atoms with Crippen LogP contribution in [-0.2, 0) is 11.2 Å². The number of hydrogen-bond acceptors (Lipinski definition) is 4. The van der Waals surface area contributed by atoms with Crippen molar-refractivity contribution in [2.75, 3.05) is 13.1 Å². The SMILES string of the molecule is CC(C)c1c(CCN(O)CC(O)CC(=O)O)c(-c2ccc(F)cc2)c(-c2ccccc2)n1C(C)C.Cl. The van der Waals surface area contributed by atoms with Gasteiger partial charge in [-0.05, 0) is 55.0 Å². The van der Waals surface area contributed by atoms with Crippen LogP contribution < -0.4 is 0 Å². The average Bonchev–Trinajstić information content (AvgIpc) is 3.14. The minimum atomic E-state index is -1.17. The Morgan fingerprint density at radius 3 is 2.14 bits per heavy atom. The number of aromatic nitrogens is 1. The summed E-state index contributed by atoms with van der Waals surface area (Å²) in [6, 6.07) is 16.7. The maximum absolute atomic E-state index is 13.8. The molecule has 196 valence electrons. The van der Waals surface area contributed by atoms with Crippen molar-refractivity contribution >= 4 is 18.4 Å². The molecule has 0 aliphatic heterocycles. The van der Waals surface area contributed by atoms with Gasteiger partial charge in [-0.3, -0.25) is 4.79 Å². The van der Waals surface area contributed by atoms with Crippen LogP contribution in [-0.4, -0.2) is 50.2 Å². The standard InChI is InChI=1S/C28H35FN2O4.ClH/c1-18(2)27-24(14-15-30(35)17-23(32)16-25(33)34)26(20-10-12-22(29)13-11-20)28(31(27)19(3)4)21-8-6-5-7-9-21;/h5-13,18-19,23,32,35H,14-17H2,1-4H3,(H,33,34);1H.